The van der Waals surface area contributed by atoms with Crippen molar-refractivity contribution in [1.29, 1.82) is 0 Å². The maximum Gasteiger partial charge on any atom is 0.275 e. The first-order chi connectivity index (χ1) is 10.4. The summed E-state index contributed by atoms with van der Waals surface area (Å²) in [4.78, 5) is 13.7. The third kappa shape index (κ3) is 3.06. The minimum absolute atomic E-state index is 0.348. The molecule has 0 fully saturated rings. The number of halogens is 4. The van der Waals surface area contributed by atoms with Crippen LogP contribution >= 0.6 is 46.4 Å². The molecular weight excluding hydrogens is 368 g/mol. The highest BCUT2D eigenvalue weighted by molar-refractivity contribution is 6.76. The van der Waals surface area contributed by atoms with Gasteiger partial charge >= 0.3 is 0 Å². The van der Waals surface area contributed by atoms with Gasteiger partial charge in [-0.3, -0.25) is 9.89 Å². The first-order valence-electron chi connectivity index (χ1n) is 6.54. The summed E-state index contributed by atoms with van der Waals surface area (Å²) in [6, 6.07) is 7.39. The number of carbonyl (C=O) groups excluding carboxylic acids is 1. The Bertz CT molecular complexity index is 723. The number of carbonyl (C=O) groups is 1. The largest absolute Gasteiger partial charge is 0.334 e. The van der Waals surface area contributed by atoms with Crippen molar-refractivity contribution < 1.29 is 4.79 Å². The second-order valence-corrected chi connectivity index (χ2v) is 7.73. The molecule has 1 aliphatic rings. The molecule has 3 rings (SSSR count). The van der Waals surface area contributed by atoms with Crippen LogP contribution in [-0.4, -0.2) is 31.3 Å². The maximum absolute atomic E-state index is 12.1. The summed E-state index contributed by atoms with van der Waals surface area (Å²) in [5, 5.41) is 7.98. The number of rotatable bonds is 1. The van der Waals surface area contributed by atoms with Crippen LogP contribution in [0.4, 0.5) is 0 Å². The molecule has 1 amide bonds. The van der Waals surface area contributed by atoms with Gasteiger partial charge in [0.25, 0.3) is 9.70 Å². The SMILES string of the molecule is O=C(N1CCc2[nH]nc(-c3cccc(Cl)c3)c2C1)C(Cl)(Cl)Cl. The molecule has 0 bridgehead atoms. The Kier molecular flexibility index (Phi) is 4.29. The number of alkyl halides is 3. The molecular formula is C14H11Cl4N3O. The molecule has 4 nitrogen and oxygen atoms in total. The van der Waals surface area contributed by atoms with Crippen molar-refractivity contribution in [2.45, 2.75) is 16.8 Å². The molecule has 1 aliphatic heterocycles. The van der Waals surface area contributed by atoms with Crippen molar-refractivity contribution in [3.63, 3.8) is 0 Å². The van der Waals surface area contributed by atoms with Crippen LogP contribution in [0.15, 0.2) is 24.3 Å². The average Bonchev–Trinajstić information content (AvgIpc) is 2.88. The van der Waals surface area contributed by atoms with Gasteiger partial charge in [0.05, 0.1) is 5.69 Å². The van der Waals surface area contributed by atoms with Gasteiger partial charge in [-0.15, -0.1) is 0 Å². The summed E-state index contributed by atoms with van der Waals surface area (Å²) in [5.74, 6) is -0.526. The van der Waals surface area contributed by atoms with E-state index in [9.17, 15) is 4.79 Å². The fourth-order valence-corrected chi connectivity index (χ4v) is 3.07. The van der Waals surface area contributed by atoms with E-state index in [0.29, 0.717) is 24.5 Å². The van der Waals surface area contributed by atoms with Gasteiger partial charge in [-0.05, 0) is 12.1 Å². The fourth-order valence-electron chi connectivity index (χ4n) is 2.52. The van der Waals surface area contributed by atoms with Gasteiger partial charge < -0.3 is 4.90 Å². The topological polar surface area (TPSA) is 49.0 Å². The number of nitrogens with zero attached hydrogens (tertiary/aromatic N) is 2. The first kappa shape index (κ1) is 15.9. The summed E-state index contributed by atoms with van der Waals surface area (Å²) < 4.78 is -1.95. The van der Waals surface area contributed by atoms with Crippen molar-refractivity contribution in [1.82, 2.24) is 15.1 Å². The summed E-state index contributed by atoms with van der Waals surface area (Å²) in [7, 11) is 0. The number of fused-ring (bicyclic) bond motifs is 1. The summed E-state index contributed by atoms with van der Waals surface area (Å²) in [5.41, 5.74) is 3.56. The molecule has 0 saturated carbocycles. The molecule has 8 heteroatoms. The van der Waals surface area contributed by atoms with E-state index in [0.717, 1.165) is 22.5 Å². The highest BCUT2D eigenvalue weighted by Gasteiger charge is 2.37. The van der Waals surface area contributed by atoms with Gasteiger partial charge in [-0.1, -0.05) is 58.5 Å². The molecule has 1 N–H and O–H groups in total. The van der Waals surface area contributed by atoms with E-state index in [-0.39, 0.29) is 0 Å². The van der Waals surface area contributed by atoms with Gasteiger partial charge in [0.2, 0.25) is 0 Å². The van der Waals surface area contributed by atoms with Crippen molar-refractivity contribution in [2.75, 3.05) is 6.54 Å². The lowest BCUT2D eigenvalue weighted by Gasteiger charge is -2.29. The molecule has 116 valence electrons. The Hall–Kier alpha value is -0.940. The minimum Gasteiger partial charge on any atom is -0.334 e. The number of aromatic amines is 1. The number of hydrogen-bond donors (Lipinski definition) is 1. The molecule has 0 aliphatic carbocycles. The third-order valence-electron chi connectivity index (χ3n) is 3.56. The smallest absolute Gasteiger partial charge is 0.275 e. The number of amides is 1. The van der Waals surface area contributed by atoms with Crippen LogP contribution in [-0.2, 0) is 17.8 Å². The molecule has 0 atom stereocenters. The molecule has 22 heavy (non-hydrogen) atoms. The zero-order valence-corrected chi connectivity index (χ0v) is 14.3. The van der Waals surface area contributed by atoms with Crippen LogP contribution < -0.4 is 0 Å². The normalized spacial score (nSPS) is 14.8. The highest BCUT2D eigenvalue weighted by atomic mass is 35.6. The maximum atomic E-state index is 12.1. The quantitative estimate of drug-likeness (QED) is 0.763. The number of benzene rings is 1. The average molecular weight is 379 g/mol. The van der Waals surface area contributed by atoms with Crippen molar-refractivity contribution >= 4 is 52.3 Å². The van der Waals surface area contributed by atoms with E-state index in [1.807, 2.05) is 18.2 Å². The zero-order chi connectivity index (χ0) is 15.9. The Morgan fingerprint density at radius 2 is 2.09 bits per heavy atom. The lowest BCUT2D eigenvalue weighted by molar-refractivity contribution is -0.131. The molecule has 1 aromatic heterocycles. The standard InChI is InChI=1S/C14H11Cl4N3O/c15-9-3-1-2-8(6-9)12-10-7-21(13(22)14(16,17)18)5-4-11(10)19-20-12/h1-3,6H,4-5,7H2,(H,19,20). The number of nitrogens with one attached hydrogen (secondary N) is 1. The van der Waals surface area contributed by atoms with Crippen LogP contribution in [0.5, 0.6) is 0 Å². The zero-order valence-electron chi connectivity index (χ0n) is 11.2. The van der Waals surface area contributed by atoms with Crippen molar-refractivity contribution in [3.8, 4) is 11.3 Å². The Balaban J connectivity index is 1.94. The predicted octanol–water partition coefficient (Wildman–Crippen LogP) is 3.99. The monoisotopic (exact) mass is 377 g/mol. The summed E-state index contributed by atoms with van der Waals surface area (Å²) in [6.07, 6.45) is 0.634. The first-order valence-corrected chi connectivity index (χ1v) is 8.05. The van der Waals surface area contributed by atoms with Crippen LogP contribution in [0.1, 0.15) is 11.3 Å². The molecule has 0 unspecified atom stereocenters. The van der Waals surface area contributed by atoms with Crippen LogP contribution in [0.3, 0.4) is 0 Å². The molecule has 2 heterocycles. The second-order valence-electron chi connectivity index (χ2n) is 5.01. The molecule has 2 aromatic rings. The van der Waals surface area contributed by atoms with E-state index < -0.39 is 9.70 Å². The number of hydrogen-bond acceptors (Lipinski definition) is 2. The predicted molar refractivity (Wildman–Crippen MR) is 88.4 cm³/mol. The molecule has 0 saturated heterocycles. The second kappa shape index (κ2) is 5.93. The van der Waals surface area contributed by atoms with Crippen molar-refractivity contribution in [3.05, 3.63) is 40.5 Å². The van der Waals surface area contributed by atoms with E-state index in [2.05, 4.69) is 10.2 Å². The number of H-pyrrole nitrogens is 1. The van der Waals surface area contributed by atoms with Gasteiger partial charge in [0.15, 0.2) is 0 Å². The van der Waals surface area contributed by atoms with E-state index in [4.69, 9.17) is 46.4 Å². The molecule has 0 radical (unpaired) electrons. The fraction of sp³-hybridized carbons (Fsp3) is 0.286. The summed E-state index contributed by atoms with van der Waals surface area (Å²) >= 11 is 23.1. The third-order valence-corrected chi connectivity index (χ3v) is 4.28. The molecule has 0 spiro atoms. The summed E-state index contributed by atoms with van der Waals surface area (Å²) in [6.45, 7) is 0.831. The lowest BCUT2D eigenvalue weighted by atomic mass is 10.0. The van der Waals surface area contributed by atoms with Crippen LogP contribution in [0, 0.1) is 0 Å². The van der Waals surface area contributed by atoms with Crippen LogP contribution in [0.25, 0.3) is 11.3 Å². The van der Waals surface area contributed by atoms with E-state index in [1.165, 1.54) is 4.90 Å². The minimum atomic E-state index is -1.95. The number of aromatic nitrogens is 2. The van der Waals surface area contributed by atoms with E-state index in [1.54, 1.807) is 6.07 Å². The Morgan fingerprint density at radius 1 is 1.32 bits per heavy atom. The van der Waals surface area contributed by atoms with Crippen LogP contribution in [0.2, 0.25) is 5.02 Å². The van der Waals surface area contributed by atoms with E-state index >= 15 is 0 Å². The Morgan fingerprint density at radius 3 is 2.77 bits per heavy atom. The van der Waals surface area contributed by atoms with Gasteiger partial charge in [-0.25, -0.2) is 0 Å². The molecule has 1 aromatic carbocycles. The van der Waals surface area contributed by atoms with Gasteiger partial charge in [0, 0.05) is 41.4 Å². The lowest BCUT2D eigenvalue weighted by Crippen LogP contribution is -2.42. The van der Waals surface area contributed by atoms with Gasteiger partial charge in [-0.2, -0.15) is 5.10 Å². The van der Waals surface area contributed by atoms with Gasteiger partial charge in [0.1, 0.15) is 0 Å². The van der Waals surface area contributed by atoms with Crippen molar-refractivity contribution in [2.24, 2.45) is 0 Å². The Labute approximate surface area is 147 Å². The highest BCUT2D eigenvalue weighted by Crippen LogP contribution is 2.33.